The van der Waals surface area contributed by atoms with Crippen LogP contribution in [0.25, 0.3) is 0 Å². The average molecular weight is 307 g/mol. The predicted octanol–water partition coefficient (Wildman–Crippen LogP) is 3.02. The molecule has 2 N–H and O–H groups in total. The lowest BCUT2D eigenvalue weighted by Crippen LogP contribution is -2.40. The van der Waals surface area contributed by atoms with Crippen molar-refractivity contribution in [3.05, 3.63) is 23.7 Å². The second-order valence-corrected chi connectivity index (χ2v) is 5.75. The molecule has 1 unspecified atom stereocenters. The maximum Gasteiger partial charge on any atom is 0.287 e. The molecule has 1 heterocycles. The zero-order chi connectivity index (χ0) is 15.2. The van der Waals surface area contributed by atoms with Crippen LogP contribution in [0.4, 0.5) is 8.78 Å². The van der Waals surface area contributed by atoms with Gasteiger partial charge in [0.1, 0.15) is 5.76 Å². The SMILES string of the molecule is CCCC(C)(O)CNC(=O)c1ccc(CSC(F)F)o1. The van der Waals surface area contributed by atoms with Crippen LogP contribution in [0.15, 0.2) is 16.5 Å². The summed E-state index contributed by atoms with van der Waals surface area (Å²) in [5, 5.41) is 12.5. The Kier molecular flexibility index (Phi) is 6.48. The summed E-state index contributed by atoms with van der Waals surface area (Å²) in [7, 11) is 0. The molecule has 0 aliphatic carbocycles. The Morgan fingerprint density at radius 1 is 1.55 bits per heavy atom. The molecule has 0 fully saturated rings. The van der Waals surface area contributed by atoms with Crippen molar-refractivity contribution in [3.8, 4) is 0 Å². The summed E-state index contributed by atoms with van der Waals surface area (Å²) in [4.78, 5) is 11.8. The molecule has 0 saturated carbocycles. The summed E-state index contributed by atoms with van der Waals surface area (Å²) >= 11 is 0.435. The topological polar surface area (TPSA) is 62.5 Å². The first-order chi connectivity index (χ1) is 9.34. The number of rotatable bonds is 8. The van der Waals surface area contributed by atoms with Crippen LogP contribution < -0.4 is 5.32 Å². The van der Waals surface area contributed by atoms with Gasteiger partial charge in [-0.2, -0.15) is 8.78 Å². The molecule has 1 amide bonds. The number of alkyl halides is 2. The van der Waals surface area contributed by atoms with E-state index in [1.807, 2.05) is 6.92 Å². The van der Waals surface area contributed by atoms with Crippen molar-refractivity contribution in [3.63, 3.8) is 0 Å². The lowest BCUT2D eigenvalue weighted by molar-refractivity contribution is 0.0463. The van der Waals surface area contributed by atoms with Gasteiger partial charge < -0.3 is 14.8 Å². The highest BCUT2D eigenvalue weighted by atomic mass is 32.2. The Balaban J connectivity index is 2.48. The van der Waals surface area contributed by atoms with Crippen molar-refractivity contribution in [1.29, 1.82) is 0 Å². The van der Waals surface area contributed by atoms with Crippen LogP contribution in [0.3, 0.4) is 0 Å². The van der Waals surface area contributed by atoms with Crippen LogP contribution in [0, 0.1) is 0 Å². The van der Waals surface area contributed by atoms with Crippen molar-refractivity contribution in [2.24, 2.45) is 0 Å². The Bertz CT molecular complexity index is 435. The Hall–Kier alpha value is -1.08. The monoisotopic (exact) mass is 307 g/mol. The largest absolute Gasteiger partial charge is 0.455 e. The minimum absolute atomic E-state index is 0.0124. The smallest absolute Gasteiger partial charge is 0.287 e. The van der Waals surface area contributed by atoms with Gasteiger partial charge in [0, 0.05) is 6.54 Å². The first-order valence-corrected chi connectivity index (χ1v) is 7.38. The number of amides is 1. The van der Waals surface area contributed by atoms with Gasteiger partial charge in [-0.05, 0) is 25.5 Å². The van der Waals surface area contributed by atoms with Crippen molar-refractivity contribution in [2.45, 2.75) is 43.8 Å². The fourth-order valence-corrected chi connectivity index (χ4v) is 2.15. The van der Waals surface area contributed by atoms with Crippen molar-refractivity contribution in [1.82, 2.24) is 5.32 Å². The van der Waals surface area contributed by atoms with E-state index in [0.717, 1.165) is 6.42 Å². The van der Waals surface area contributed by atoms with E-state index >= 15 is 0 Å². The van der Waals surface area contributed by atoms with Gasteiger partial charge in [0.05, 0.1) is 11.4 Å². The molecule has 0 saturated heterocycles. The lowest BCUT2D eigenvalue weighted by atomic mass is 10.0. The van der Waals surface area contributed by atoms with Crippen LogP contribution in [-0.4, -0.2) is 28.9 Å². The molecule has 4 nitrogen and oxygen atoms in total. The number of carbonyl (C=O) groups is 1. The molecule has 0 aromatic carbocycles. The minimum atomic E-state index is -2.47. The lowest BCUT2D eigenvalue weighted by Gasteiger charge is -2.22. The molecular formula is C13H19F2NO3S. The summed E-state index contributed by atoms with van der Waals surface area (Å²) in [6.07, 6.45) is 1.38. The molecule has 0 aliphatic rings. The number of nitrogens with one attached hydrogen (secondary N) is 1. The Morgan fingerprint density at radius 3 is 2.85 bits per heavy atom. The second-order valence-electron chi connectivity index (χ2n) is 4.77. The maximum absolute atomic E-state index is 12.0. The van der Waals surface area contributed by atoms with E-state index in [9.17, 15) is 18.7 Å². The molecule has 7 heteroatoms. The van der Waals surface area contributed by atoms with E-state index in [2.05, 4.69) is 5.32 Å². The highest BCUT2D eigenvalue weighted by molar-refractivity contribution is 7.98. The molecule has 20 heavy (non-hydrogen) atoms. The van der Waals surface area contributed by atoms with Gasteiger partial charge in [-0.3, -0.25) is 4.79 Å². The normalized spacial score (nSPS) is 14.3. The summed E-state index contributed by atoms with van der Waals surface area (Å²) in [5.41, 5.74) is -0.967. The van der Waals surface area contributed by atoms with Crippen molar-refractivity contribution >= 4 is 17.7 Å². The number of halogens is 2. The van der Waals surface area contributed by atoms with Crippen molar-refractivity contribution in [2.75, 3.05) is 6.54 Å². The summed E-state index contributed by atoms with van der Waals surface area (Å²) in [6.45, 7) is 3.70. The molecule has 1 rings (SSSR count). The van der Waals surface area contributed by atoms with Gasteiger partial charge in [-0.25, -0.2) is 0 Å². The third-order valence-corrected chi connectivity index (χ3v) is 3.36. The van der Waals surface area contributed by atoms with E-state index in [-0.39, 0.29) is 18.1 Å². The number of furan rings is 1. The molecule has 0 bridgehead atoms. The Labute approximate surface area is 120 Å². The molecule has 1 aromatic heterocycles. The highest BCUT2D eigenvalue weighted by Crippen LogP contribution is 2.21. The first-order valence-electron chi connectivity index (χ1n) is 6.33. The minimum Gasteiger partial charge on any atom is -0.455 e. The zero-order valence-electron chi connectivity index (χ0n) is 11.5. The van der Waals surface area contributed by atoms with Gasteiger partial charge >= 0.3 is 0 Å². The van der Waals surface area contributed by atoms with Gasteiger partial charge in [0.15, 0.2) is 5.76 Å². The van der Waals surface area contributed by atoms with Crippen molar-refractivity contribution < 1.29 is 23.1 Å². The zero-order valence-corrected chi connectivity index (χ0v) is 12.3. The van der Waals surface area contributed by atoms with Crippen LogP contribution in [0.2, 0.25) is 0 Å². The van der Waals surface area contributed by atoms with Gasteiger partial charge in [-0.15, -0.1) is 0 Å². The van der Waals surface area contributed by atoms with Gasteiger partial charge in [0.2, 0.25) is 0 Å². The van der Waals surface area contributed by atoms with Crippen LogP contribution in [0.1, 0.15) is 43.0 Å². The third kappa shape index (κ3) is 5.92. The van der Waals surface area contributed by atoms with Crippen LogP contribution in [0.5, 0.6) is 0 Å². The number of aliphatic hydroxyl groups is 1. The molecule has 0 radical (unpaired) electrons. The molecule has 0 aliphatic heterocycles. The van der Waals surface area contributed by atoms with E-state index in [4.69, 9.17) is 4.42 Å². The van der Waals surface area contributed by atoms with Gasteiger partial charge in [-0.1, -0.05) is 25.1 Å². The number of hydrogen-bond acceptors (Lipinski definition) is 4. The molecule has 1 atom stereocenters. The quantitative estimate of drug-likeness (QED) is 0.775. The summed E-state index contributed by atoms with van der Waals surface area (Å²) in [6, 6.07) is 2.93. The number of carbonyl (C=O) groups excluding carboxylic acids is 1. The molecule has 114 valence electrons. The van der Waals surface area contributed by atoms with E-state index in [1.54, 1.807) is 6.92 Å². The standard InChI is InChI=1S/C13H19F2NO3S/c1-3-6-13(2,18)8-16-11(17)10-5-4-9(19-10)7-20-12(14)15/h4-5,12,18H,3,6-8H2,1-2H3,(H,16,17). The van der Waals surface area contributed by atoms with Crippen LogP contribution >= 0.6 is 11.8 Å². The predicted molar refractivity (Wildman–Crippen MR) is 73.9 cm³/mol. The highest BCUT2D eigenvalue weighted by Gasteiger charge is 2.21. The molecule has 1 aromatic rings. The number of thioether (sulfide) groups is 1. The van der Waals surface area contributed by atoms with Crippen LogP contribution in [-0.2, 0) is 5.75 Å². The fraction of sp³-hybridized carbons (Fsp3) is 0.615. The Morgan fingerprint density at radius 2 is 2.25 bits per heavy atom. The number of hydrogen-bond donors (Lipinski definition) is 2. The third-order valence-electron chi connectivity index (χ3n) is 2.66. The molecule has 0 spiro atoms. The van der Waals surface area contributed by atoms with E-state index < -0.39 is 17.3 Å². The summed E-state index contributed by atoms with van der Waals surface area (Å²) in [5.74, 6) is -2.54. The second kappa shape index (κ2) is 7.64. The molecular weight excluding hydrogens is 288 g/mol. The maximum atomic E-state index is 12.0. The van der Waals surface area contributed by atoms with Gasteiger partial charge in [0.25, 0.3) is 11.7 Å². The van der Waals surface area contributed by atoms with E-state index in [0.29, 0.717) is 23.9 Å². The van der Waals surface area contributed by atoms with E-state index in [1.165, 1.54) is 12.1 Å². The average Bonchev–Trinajstić information content (AvgIpc) is 2.82. The fourth-order valence-electron chi connectivity index (χ4n) is 1.71. The summed E-state index contributed by atoms with van der Waals surface area (Å²) < 4.78 is 29.2. The first kappa shape index (κ1) is 17.0.